The molecule has 2 heterocycles. The van der Waals surface area contributed by atoms with Crippen molar-refractivity contribution in [1.29, 1.82) is 0 Å². The smallest absolute Gasteiger partial charge is 0.161 e. The van der Waals surface area contributed by atoms with Crippen LogP contribution in [-0.4, -0.2) is 14.5 Å². The average Bonchev–Trinajstić information content (AvgIpc) is 3.32. The van der Waals surface area contributed by atoms with Crippen LogP contribution in [0, 0.1) is 0 Å². The molecule has 37 heavy (non-hydrogen) atoms. The maximum Gasteiger partial charge on any atom is 0.161 e. The Labute approximate surface area is 213 Å². The number of fused-ring (bicyclic) bond motifs is 9. The van der Waals surface area contributed by atoms with Gasteiger partial charge in [0, 0.05) is 22.5 Å². The molecular formula is C34H21N3. The Morgan fingerprint density at radius 2 is 0.919 bits per heavy atom. The molecule has 8 aromatic rings. The highest BCUT2D eigenvalue weighted by Crippen LogP contribution is 2.37. The topological polar surface area (TPSA) is 30.7 Å². The molecule has 0 aliphatic rings. The number of benzene rings is 6. The molecule has 172 valence electrons. The van der Waals surface area contributed by atoms with Crippen molar-refractivity contribution in [3.63, 3.8) is 0 Å². The van der Waals surface area contributed by atoms with E-state index in [1.807, 2.05) is 12.3 Å². The maximum absolute atomic E-state index is 5.09. The highest BCUT2D eigenvalue weighted by atomic mass is 15.1. The summed E-state index contributed by atoms with van der Waals surface area (Å²) in [6, 6.07) is 42.9. The predicted molar refractivity (Wildman–Crippen MR) is 154 cm³/mol. The number of hydrogen-bond acceptors (Lipinski definition) is 2. The molecule has 3 heteroatoms. The lowest BCUT2D eigenvalue weighted by Gasteiger charge is -2.12. The van der Waals surface area contributed by atoms with Gasteiger partial charge in [-0.25, -0.2) is 9.97 Å². The molecule has 8 rings (SSSR count). The van der Waals surface area contributed by atoms with E-state index in [9.17, 15) is 0 Å². The van der Waals surface area contributed by atoms with Gasteiger partial charge in [0.1, 0.15) is 5.82 Å². The molecule has 0 amide bonds. The third-order valence-electron chi connectivity index (χ3n) is 7.45. The van der Waals surface area contributed by atoms with Gasteiger partial charge in [-0.05, 0) is 56.6 Å². The molecule has 0 spiro atoms. The van der Waals surface area contributed by atoms with Crippen LogP contribution in [0.5, 0.6) is 0 Å². The normalized spacial score (nSPS) is 11.8. The van der Waals surface area contributed by atoms with Gasteiger partial charge in [0.25, 0.3) is 0 Å². The fourth-order valence-electron chi connectivity index (χ4n) is 5.83. The summed E-state index contributed by atoms with van der Waals surface area (Å²) in [5.74, 6) is 1.59. The molecule has 0 fully saturated rings. The first-order chi connectivity index (χ1) is 18.4. The Morgan fingerprint density at radius 1 is 0.432 bits per heavy atom. The van der Waals surface area contributed by atoms with Crippen molar-refractivity contribution in [3.05, 3.63) is 128 Å². The van der Waals surface area contributed by atoms with Gasteiger partial charge < -0.3 is 0 Å². The summed E-state index contributed by atoms with van der Waals surface area (Å²) in [6.45, 7) is 0. The van der Waals surface area contributed by atoms with E-state index in [2.05, 4.69) is 120 Å². The summed E-state index contributed by atoms with van der Waals surface area (Å²) in [5.41, 5.74) is 3.30. The fourth-order valence-corrected chi connectivity index (χ4v) is 5.83. The molecule has 0 saturated carbocycles. The third-order valence-corrected chi connectivity index (χ3v) is 7.45. The Morgan fingerprint density at radius 3 is 1.51 bits per heavy atom. The lowest BCUT2D eigenvalue weighted by molar-refractivity contribution is 1.04. The van der Waals surface area contributed by atoms with Crippen molar-refractivity contribution in [2.75, 3.05) is 0 Å². The van der Waals surface area contributed by atoms with E-state index in [1.165, 1.54) is 43.1 Å². The van der Waals surface area contributed by atoms with Crippen molar-refractivity contribution >= 4 is 54.1 Å². The van der Waals surface area contributed by atoms with E-state index in [-0.39, 0.29) is 0 Å². The van der Waals surface area contributed by atoms with Crippen molar-refractivity contribution in [2.45, 2.75) is 0 Å². The van der Waals surface area contributed by atoms with Crippen LogP contribution in [0.1, 0.15) is 0 Å². The second-order valence-electron chi connectivity index (χ2n) is 9.46. The molecule has 0 N–H and O–H groups in total. The van der Waals surface area contributed by atoms with E-state index < -0.39 is 0 Å². The van der Waals surface area contributed by atoms with Crippen LogP contribution in [-0.2, 0) is 0 Å². The number of aromatic nitrogens is 3. The molecular weight excluding hydrogens is 450 g/mol. The van der Waals surface area contributed by atoms with Gasteiger partial charge in [-0.1, -0.05) is 97.1 Å². The maximum atomic E-state index is 5.09. The molecule has 0 atom stereocenters. The van der Waals surface area contributed by atoms with Crippen LogP contribution in [0.2, 0.25) is 0 Å². The van der Waals surface area contributed by atoms with E-state index in [1.54, 1.807) is 0 Å². The van der Waals surface area contributed by atoms with Crippen LogP contribution in [0.4, 0.5) is 0 Å². The van der Waals surface area contributed by atoms with E-state index in [0.29, 0.717) is 0 Å². The molecule has 0 aliphatic heterocycles. The average molecular weight is 472 g/mol. The Balaban J connectivity index is 1.38. The summed E-state index contributed by atoms with van der Waals surface area (Å²) in [6.07, 6.45) is 1.86. The number of para-hydroxylation sites is 2. The van der Waals surface area contributed by atoms with E-state index in [0.717, 1.165) is 28.2 Å². The SMILES string of the molecule is c1ccc2c(c1)c1ccccc1c1cc(-c3nccc(-n4c5ccccc5c5ccccc54)n3)ccc21. The first-order valence-corrected chi connectivity index (χ1v) is 12.5. The van der Waals surface area contributed by atoms with Crippen LogP contribution in [0.25, 0.3) is 71.3 Å². The van der Waals surface area contributed by atoms with Crippen LogP contribution in [0.3, 0.4) is 0 Å². The first-order valence-electron chi connectivity index (χ1n) is 12.5. The lowest BCUT2D eigenvalue weighted by Crippen LogP contribution is -2.00. The highest BCUT2D eigenvalue weighted by Gasteiger charge is 2.14. The zero-order chi connectivity index (χ0) is 24.3. The molecule has 0 saturated heterocycles. The quantitative estimate of drug-likeness (QED) is 0.236. The van der Waals surface area contributed by atoms with Gasteiger partial charge in [0.05, 0.1) is 11.0 Å². The summed E-state index contributed by atoms with van der Waals surface area (Å²) in [7, 11) is 0. The van der Waals surface area contributed by atoms with Crippen LogP contribution >= 0.6 is 0 Å². The van der Waals surface area contributed by atoms with Gasteiger partial charge in [-0.3, -0.25) is 4.57 Å². The zero-order valence-corrected chi connectivity index (χ0v) is 20.0. The summed E-state index contributed by atoms with van der Waals surface area (Å²) in [4.78, 5) is 9.79. The second-order valence-corrected chi connectivity index (χ2v) is 9.46. The summed E-state index contributed by atoms with van der Waals surface area (Å²) >= 11 is 0. The summed E-state index contributed by atoms with van der Waals surface area (Å²) in [5, 5.41) is 9.98. The Kier molecular flexibility index (Phi) is 4.23. The molecule has 3 nitrogen and oxygen atoms in total. The molecule has 0 aliphatic carbocycles. The minimum atomic E-state index is 0.721. The minimum absolute atomic E-state index is 0.721. The Hall–Kier alpha value is -5.02. The van der Waals surface area contributed by atoms with Gasteiger partial charge in [0.2, 0.25) is 0 Å². The standard InChI is InChI=1S/C34H21N3/c1-2-11-25-23(9-1)24-10-3-4-12-26(24)30-21-22(17-18-27(25)30)34-35-20-19-33(36-34)37-31-15-7-5-13-28(31)29-14-6-8-16-32(29)37/h1-21H. The molecule has 0 radical (unpaired) electrons. The highest BCUT2D eigenvalue weighted by molar-refractivity contribution is 6.25. The third kappa shape index (κ3) is 2.95. The Bertz CT molecular complexity index is 2060. The van der Waals surface area contributed by atoms with E-state index in [4.69, 9.17) is 9.97 Å². The van der Waals surface area contributed by atoms with Gasteiger partial charge in [-0.15, -0.1) is 0 Å². The molecule has 0 unspecified atom stereocenters. The van der Waals surface area contributed by atoms with Gasteiger partial charge >= 0.3 is 0 Å². The second kappa shape index (κ2) is 7.74. The largest absolute Gasteiger partial charge is 0.294 e. The fraction of sp³-hybridized carbons (Fsp3) is 0. The molecule has 0 bridgehead atoms. The summed E-state index contributed by atoms with van der Waals surface area (Å²) < 4.78 is 2.24. The van der Waals surface area contributed by atoms with Crippen molar-refractivity contribution in [3.8, 4) is 17.2 Å². The number of hydrogen-bond donors (Lipinski definition) is 0. The first kappa shape index (κ1) is 20.2. The lowest BCUT2D eigenvalue weighted by atomic mass is 9.93. The van der Waals surface area contributed by atoms with Crippen molar-refractivity contribution in [1.82, 2.24) is 14.5 Å². The molecule has 2 aromatic heterocycles. The zero-order valence-electron chi connectivity index (χ0n) is 20.0. The molecule has 6 aromatic carbocycles. The van der Waals surface area contributed by atoms with Gasteiger partial charge in [-0.2, -0.15) is 0 Å². The van der Waals surface area contributed by atoms with Crippen molar-refractivity contribution < 1.29 is 0 Å². The number of rotatable bonds is 2. The monoisotopic (exact) mass is 471 g/mol. The predicted octanol–water partition coefficient (Wildman–Crippen LogP) is 8.70. The number of nitrogens with zero attached hydrogens (tertiary/aromatic N) is 3. The van der Waals surface area contributed by atoms with Crippen LogP contribution < -0.4 is 0 Å². The van der Waals surface area contributed by atoms with Crippen molar-refractivity contribution in [2.24, 2.45) is 0 Å². The van der Waals surface area contributed by atoms with E-state index >= 15 is 0 Å². The minimum Gasteiger partial charge on any atom is -0.294 e. The van der Waals surface area contributed by atoms with Crippen LogP contribution in [0.15, 0.2) is 128 Å². The van der Waals surface area contributed by atoms with Gasteiger partial charge in [0.15, 0.2) is 5.82 Å².